The van der Waals surface area contributed by atoms with Gasteiger partial charge in [-0.3, -0.25) is 0 Å². The minimum absolute atomic E-state index is 0.0192. The van der Waals surface area contributed by atoms with Crippen LogP contribution in [-0.2, 0) is 0 Å². The van der Waals surface area contributed by atoms with Gasteiger partial charge in [-0.1, -0.05) is 6.07 Å². The van der Waals surface area contributed by atoms with Crippen molar-refractivity contribution < 1.29 is 9.13 Å². The molecule has 1 aliphatic rings. The normalized spacial score (nSPS) is 18.6. The molecule has 1 aliphatic heterocycles. The third kappa shape index (κ3) is 3.18. The van der Waals surface area contributed by atoms with Gasteiger partial charge in [0, 0.05) is 17.6 Å². The first-order valence-electron chi connectivity index (χ1n) is 6.38. The van der Waals surface area contributed by atoms with Crippen molar-refractivity contribution in [2.45, 2.75) is 31.8 Å². The molecule has 0 aromatic heterocycles. The first kappa shape index (κ1) is 13.7. The van der Waals surface area contributed by atoms with Crippen LogP contribution in [0.1, 0.15) is 31.4 Å². The van der Waals surface area contributed by atoms with E-state index in [4.69, 9.17) is 4.74 Å². The third-order valence-corrected chi connectivity index (χ3v) is 4.42. The molecule has 4 heteroatoms. The summed E-state index contributed by atoms with van der Waals surface area (Å²) in [6.45, 7) is 2.00. The van der Waals surface area contributed by atoms with Gasteiger partial charge < -0.3 is 10.1 Å². The van der Waals surface area contributed by atoms with Crippen molar-refractivity contribution in [2.24, 2.45) is 0 Å². The second kappa shape index (κ2) is 6.43. The van der Waals surface area contributed by atoms with Crippen LogP contribution in [0, 0.1) is 5.82 Å². The first-order valence-corrected chi connectivity index (χ1v) is 7.54. The van der Waals surface area contributed by atoms with Crippen molar-refractivity contribution in [3.63, 3.8) is 0 Å². The number of benzene rings is 1. The van der Waals surface area contributed by atoms with E-state index in [2.05, 4.69) is 5.32 Å². The van der Waals surface area contributed by atoms with E-state index in [0.717, 1.165) is 12.8 Å². The molecule has 1 unspecified atom stereocenters. The molecular weight excluding hydrogens is 249 g/mol. The van der Waals surface area contributed by atoms with Crippen molar-refractivity contribution >= 4 is 11.8 Å². The number of halogens is 1. The number of rotatable bonds is 4. The second-order valence-corrected chi connectivity index (χ2v) is 5.86. The molecule has 1 saturated heterocycles. The Morgan fingerprint density at radius 3 is 2.78 bits per heavy atom. The maximum absolute atomic E-state index is 13.9. The lowest BCUT2D eigenvalue weighted by Crippen LogP contribution is -2.35. The molecular formula is C14H20FNOS. The van der Waals surface area contributed by atoms with Crippen molar-refractivity contribution in [1.82, 2.24) is 5.32 Å². The van der Waals surface area contributed by atoms with Crippen molar-refractivity contribution in [1.29, 1.82) is 0 Å². The molecule has 1 aromatic rings. The van der Waals surface area contributed by atoms with Gasteiger partial charge in [-0.25, -0.2) is 4.39 Å². The van der Waals surface area contributed by atoms with Crippen LogP contribution in [-0.4, -0.2) is 24.7 Å². The maximum Gasteiger partial charge on any atom is 0.131 e. The van der Waals surface area contributed by atoms with Crippen molar-refractivity contribution in [3.8, 4) is 5.75 Å². The Hall–Kier alpha value is -0.740. The molecule has 0 bridgehead atoms. The van der Waals surface area contributed by atoms with Crippen LogP contribution >= 0.6 is 11.8 Å². The zero-order valence-corrected chi connectivity index (χ0v) is 11.7. The summed E-state index contributed by atoms with van der Waals surface area (Å²) < 4.78 is 19.2. The number of nitrogens with one attached hydrogen (secondary N) is 1. The van der Waals surface area contributed by atoms with Crippen molar-refractivity contribution in [3.05, 3.63) is 29.6 Å². The minimum Gasteiger partial charge on any atom is -0.496 e. The van der Waals surface area contributed by atoms with E-state index in [0.29, 0.717) is 17.4 Å². The summed E-state index contributed by atoms with van der Waals surface area (Å²) in [4.78, 5) is 0. The highest BCUT2D eigenvalue weighted by atomic mass is 32.2. The summed E-state index contributed by atoms with van der Waals surface area (Å²) in [6.07, 6.45) is 2.32. The van der Waals surface area contributed by atoms with Gasteiger partial charge in [-0.15, -0.1) is 0 Å². The molecule has 0 radical (unpaired) electrons. The van der Waals surface area contributed by atoms with Gasteiger partial charge in [0.1, 0.15) is 11.6 Å². The summed E-state index contributed by atoms with van der Waals surface area (Å²) >= 11 is 1.99. The van der Waals surface area contributed by atoms with Crippen LogP contribution < -0.4 is 10.1 Å². The molecule has 0 aliphatic carbocycles. The Morgan fingerprint density at radius 1 is 1.39 bits per heavy atom. The maximum atomic E-state index is 13.9. The molecule has 2 rings (SSSR count). The lowest BCUT2D eigenvalue weighted by Gasteiger charge is -2.27. The highest BCUT2D eigenvalue weighted by Gasteiger charge is 2.21. The highest BCUT2D eigenvalue weighted by molar-refractivity contribution is 7.99. The lowest BCUT2D eigenvalue weighted by atomic mass is 10.0. The van der Waals surface area contributed by atoms with Crippen LogP contribution in [0.25, 0.3) is 0 Å². The molecule has 18 heavy (non-hydrogen) atoms. The summed E-state index contributed by atoms with van der Waals surface area (Å²) in [5, 5.41) is 3.52. The summed E-state index contributed by atoms with van der Waals surface area (Å²) in [7, 11) is 1.59. The number of hydrogen-bond acceptors (Lipinski definition) is 3. The van der Waals surface area contributed by atoms with Gasteiger partial charge >= 0.3 is 0 Å². The van der Waals surface area contributed by atoms with E-state index in [9.17, 15) is 4.39 Å². The SMILES string of the molecule is COc1cccc(F)c1C(C)NC1CCSCC1. The van der Waals surface area contributed by atoms with Crippen LogP contribution in [0.15, 0.2) is 18.2 Å². The largest absolute Gasteiger partial charge is 0.496 e. The monoisotopic (exact) mass is 269 g/mol. The Bertz CT molecular complexity index is 393. The molecule has 100 valence electrons. The lowest BCUT2D eigenvalue weighted by molar-refractivity contribution is 0.377. The molecule has 1 atom stereocenters. The predicted molar refractivity (Wildman–Crippen MR) is 74.8 cm³/mol. The second-order valence-electron chi connectivity index (χ2n) is 4.63. The van der Waals surface area contributed by atoms with E-state index in [1.54, 1.807) is 13.2 Å². The summed E-state index contributed by atoms with van der Waals surface area (Å²) in [5.74, 6) is 2.82. The Morgan fingerprint density at radius 2 is 2.11 bits per heavy atom. The quantitative estimate of drug-likeness (QED) is 0.905. The zero-order valence-electron chi connectivity index (χ0n) is 10.9. The molecule has 1 fully saturated rings. The number of ether oxygens (including phenoxy) is 1. The number of hydrogen-bond donors (Lipinski definition) is 1. The van der Waals surface area contributed by atoms with Crippen molar-refractivity contribution in [2.75, 3.05) is 18.6 Å². The smallest absolute Gasteiger partial charge is 0.131 e. The van der Waals surface area contributed by atoms with Crippen LogP contribution in [0.5, 0.6) is 5.75 Å². The summed E-state index contributed by atoms with van der Waals surface area (Å²) in [6, 6.07) is 5.46. The standard InChI is InChI=1S/C14H20FNOS/c1-10(16-11-6-8-18-9-7-11)14-12(15)4-3-5-13(14)17-2/h3-5,10-11,16H,6-9H2,1-2H3. The molecule has 0 amide bonds. The number of methoxy groups -OCH3 is 1. The average Bonchev–Trinajstić information content (AvgIpc) is 2.39. The van der Waals surface area contributed by atoms with Gasteiger partial charge in [0.05, 0.1) is 7.11 Å². The van der Waals surface area contributed by atoms with Gasteiger partial charge in [-0.2, -0.15) is 11.8 Å². The Kier molecular flexibility index (Phi) is 4.89. The fourth-order valence-electron chi connectivity index (χ4n) is 2.42. The fraction of sp³-hybridized carbons (Fsp3) is 0.571. The zero-order chi connectivity index (χ0) is 13.0. The Labute approximate surface area is 112 Å². The van der Waals surface area contributed by atoms with Gasteiger partial charge in [-0.05, 0) is 43.4 Å². The van der Waals surface area contributed by atoms with Crippen LogP contribution in [0.2, 0.25) is 0 Å². The fourth-order valence-corrected chi connectivity index (χ4v) is 3.52. The number of thioether (sulfide) groups is 1. The molecule has 1 heterocycles. The van der Waals surface area contributed by atoms with Gasteiger partial charge in [0.25, 0.3) is 0 Å². The first-order chi connectivity index (χ1) is 8.72. The topological polar surface area (TPSA) is 21.3 Å². The van der Waals surface area contributed by atoms with Crippen LogP contribution in [0.3, 0.4) is 0 Å². The van der Waals surface area contributed by atoms with E-state index in [1.165, 1.54) is 17.6 Å². The van der Waals surface area contributed by atoms with Crippen LogP contribution in [0.4, 0.5) is 4.39 Å². The minimum atomic E-state index is -0.195. The van der Waals surface area contributed by atoms with E-state index < -0.39 is 0 Å². The molecule has 0 saturated carbocycles. The van der Waals surface area contributed by atoms with Gasteiger partial charge in [0.15, 0.2) is 0 Å². The molecule has 1 aromatic carbocycles. The molecule has 2 nitrogen and oxygen atoms in total. The van der Waals surface area contributed by atoms with E-state index in [-0.39, 0.29) is 11.9 Å². The average molecular weight is 269 g/mol. The van der Waals surface area contributed by atoms with E-state index in [1.807, 2.05) is 24.8 Å². The summed E-state index contributed by atoms with van der Waals surface area (Å²) in [5.41, 5.74) is 0.637. The van der Waals surface area contributed by atoms with E-state index >= 15 is 0 Å². The predicted octanol–water partition coefficient (Wildman–Crippen LogP) is 3.38. The highest BCUT2D eigenvalue weighted by Crippen LogP contribution is 2.29. The molecule has 0 spiro atoms. The Balaban J connectivity index is 2.09. The molecule has 1 N–H and O–H groups in total. The third-order valence-electron chi connectivity index (χ3n) is 3.37. The van der Waals surface area contributed by atoms with Gasteiger partial charge in [0.2, 0.25) is 0 Å².